The number of hydrogen-bond acceptors (Lipinski definition) is 4. The lowest BCUT2D eigenvalue weighted by atomic mass is 10.1. The lowest BCUT2D eigenvalue weighted by molar-refractivity contribution is -0.153. The van der Waals surface area contributed by atoms with Gasteiger partial charge in [0.15, 0.2) is 0 Å². The van der Waals surface area contributed by atoms with E-state index in [1.807, 2.05) is 4.72 Å². The van der Waals surface area contributed by atoms with Crippen molar-refractivity contribution in [3.8, 4) is 0 Å². The first-order chi connectivity index (χ1) is 6.04. The number of ether oxygens (including phenoxy) is 1. The van der Waals surface area contributed by atoms with Gasteiger partial charge < -0.3 is 4.74 Å². The second-order valence-electron chi connectivity index (χ2n) is 3.62. The number of carbonyl (C=O) groups excluding carboxylic acids is 1. The standard InChI is InChI=1S/C7H14ClNO4S/c1-5(2)13-6(10)7(3,4)9-14(8,11)12/h5,9H,1-4H3. The topological polar surface area (TPSA) is 72.5 Å². The van der Waals surface area contributed by atoms with Crippen LogP contribution in [0.15, 0.2) is 0 Å². The van der Waals surface area contributed by atoms with E-state index in [0.717, 1.165) is 0 Å². The summed E-state index contributed by atoms with van der Waals surface area (Å²) in [4.78, 5) is 11.3. The number of rotatable bonds is 4. The molecule has 14 heavy (non-hydrogen) atoms. The maximum absolute atomic E-state index is 11.3. The lowest BCUT2D eigenvalue weighted by Gasteiger charge is -2.23. The number of hydrogen-bond donors (Lipinski definition) is 1. The van der Waals surface area contributed by atoms with Crippen molar-refractivity contribution >= 4 is 25.9 Å². The van der Waals surface area contributed by atoms with Crippen molar-refractivity contribution in [2.75, 3.05) is 0 Å². The molecule has 0 aliphatic rings. The van der Waals surface area contributed by atoms with Crippen LogP contribution in [0.25, 0.3) is 0 Å². The van der Waals surface area contributed by atoms with E-state index >= 15 is 0 Å². The second-order valence-corrected chi connectivity index (χ2v) is 5.92. The zero-order valence-corrected chi connectivity index (χ0v) is 10.1. The van der Waals surface area contributed by atoms with Crippen molar-refractivity contribution in [3.63, 3.8) is 0 Å². The summed E-state index contributed by atoms with van der Waals surface area (Å²) in [6.07, 6.45) is -0.304. The van der Waals surface area contributed by atoms with Crippen molar-refractivity contribution in [2.24, 2.45) is 0 Å². The Morgan fingerprint density at radius 1 is 1.43 bits per heavy atom. The van der Waals surface area contributed by atoms with Crippen LogP contribution in [0.5, 0.6) is 0 Å². The fourth-order valence-corrected chi connectivity index (χ4v) is 1.98. The molecule has 0 aliphatic heterocycles. The fraction of sp³-hybridized carbons (Fsp3) is 0.857. The van der Waals surface area contributed by atoms with Gasteiger partial charge in [-0.2, -0.15) is 13.1 Å². The number of carbonyl (C=O) groups is 1. The number of nitrogens with one attached hydrogen (secondary N) is 1. The fourth-order valence-electron chi connectivity index (χ4n) is 0.708. The molecule has 0 aliphatic carbocycles. The predicted octanol–water partition coefficient (Wildman–Crippen LogP) is 0.790. The molecule has 1 N–H and O–H groups in total. The zero-order chi connectivity index (χ0) is 11.6. The molecule has 0 aromatic carbocycles. The third kappa shape index (κ3) is 5.41. The Balaban J connectivity index is 4.54. The van der Waals surface area contributed by atoms with Crippen molar-refractivity contribution < 1.29 is 17.9 Å². The Labute approximate surface area is 88.3 Å². The molecule has 0 aromatic rings. The van der Waals surface area contributed by atoms with Gasteiger partial charge in [0, 0.05) is 10.7 Å². The molecule has 0 heterocycles. The highest BCUT2D eigenvalue weighted by Crippen LogP contribution is 2.10. The summed E-state index contributed by atoms with van der Waals surface area (Å²) in [5.74, 6) is -0.670. The highest BCUT2D eigenvalue weighted by molar-refractivity contribution is 8.12. The lowest BCUT2D eigenvalue weighted by Crippen LogP contribution is -2.49. The van der Waals surface area contributed by atoms with Crippen molar-refractivity contribution in [1.29, 1.82) is 0 Å². The molecule has 7 heteroatoms. The van der Waals surface area contributed by atoms with E-state index in [1.165, 1.54) is 13.8 Å². The summed E-state index contributed by atoms with van der Waals surface area (Å²) in [6, 6.07) is 0. The SMILES string of the molecule is CC(C)OC(=O)C(C)(C)NS(=O)(=O)Cl. The zero-order valence-electron chi connectivity index (χ0n) is 8.50. The average molecular weight is 244 g/mol. The van der Waals surface area contributed by atoms with Crippen LogP contribution >= 0.6 is 10.7 Å². The van der Waals surface area contributed by atoms with Crippen LogP contribution < -0.4 is 4.72 Å². The van der Waals surface area contributed by atoms with Gasteiger partial charge in [-0.05, 0) is 27.7 Å². The van der Waals surface area contributed by atoms with Crippen LogP contribution in [0.1, 0.15) is 27.7 Å². The van der Waals surface area contributed by atoms with E-state index in [-0.39, 0.29) is 6.10 Å². The maximum Gasteiger partial charge on any atom is 0.327 e. The van der Waals surface area contributed by atoms with Crippen LogP contribution in [-0.4, -0.2) is 26.0 Å². The van der Waals surface area contributed by atoms with Gasteiger partial charge in [-0.25, -0.2) is 0 Å². The quantitative estimate of drug-likeness (QED) is 0.585. The third-order valence-corrected chi connectivity index (χ3v) is 2.22. The molecule has 0 amide bonds. The molecule has 0 radical (unpaired) electrons. The summed E-state index contributed by atoms with van der Waals surface area (Å²) >= 11 is 0. The summed E-state index contributed by atoms with van der Waals surface area (Å²) < 4.78 is 28.2. The molecule has 0 saturated carbocycles. The van der Waals surface area contributed by atoms with Crippen LogP contribution in [0, 0.1) is 0 Å². The van der Waals surface area contributed by atoms with Crippen LogP contribution in [-0.2, 0) is 18.8 Å². The van der Waals surface area contributed by atoms with Gasteiger partial charge in [0.05, 0.1) is 6.10 Å². The van der Waals surface area contributed by atoms with Gasteiger partial charge in [0.1, 0.15) is 5.54 Å². The van der Waals surface area contributed by atoms with Crippen LogP contribution in [0.4, 0.5) is 0 Å². The monoisotopic (exact) mass is 243 g/mol. The van der Waals surface area contributed by atoms with E-state index in [1.54, 1.807) is 13.8 Å². The van der Waals surface area contributed by atoms with Gasteiger partial charge in [-0.3, -0.25) is 4.79 Å². The highest BCUT2D eigenvalue weighted by Gasteiger charge is 2.33. The molecule has 0 unspecified atom stereocenters. The first kappa shape index (κ1) is 13.7. The first-order valence-electron chi connectivity index (χ1n) is 3.99. The summed E-state index contributed by atoms with van der Waals surface area (Å²) in [7, 11) is 1.01. The van der Waals surface area contributed by atoms with Gasteiger partial charge in [-0.15, -0.1) is 0 Å². The van der Waals surface area contributed by atoms with Crippen LogP contribution in [0.2, 0.25) is 0 Å². The normalized spacial score (nSPS) is 13.0. The van der Waals surface area contributed by atoms with Crippen molar-refractivity contribution in [2.45, 2.75) is 39.3 Å². The molecular weight excluding hydrogens is 230 g/mol. The van der Waals surface area contributed by atoms with Gasteiger partial charge in [0.2, 0.25) is 0 Å². The van der Waals surface area contributed by atoms with Crippen LogP contribution in [0.3, 0.4) is 0 Å². The van der Waals surface area contributed by atoms with Crippen molar-refractivity contribution in [1.82, 2.24) is 4.72 Å². The largest absolute Gasteiger partial charge is 0.462 e. The Morgan fingerprint density at radius 2 is 1.86 bits per heavy atom. The molecule has 0 spiro atoms. The molecule has 0 fully saturated rings. The number of halogens is 1. The van der Waals surface area contributed by atoms with E-state index in [2.05, 4.69) is 0 Å². The minimum Gasteiger partial charge on any atom is -0.462 e. The molecule has 5 nitrogen and oxygen atoms in total. The first-order valence-corrected chi connectivity index (χ1v) is 6.30. The smallest absolute Gasteiger partial charge is 0.327 e. The minimum atomic E-state index is -3.94. The maximum atomic E-state index is 11.3. The van der Waals surface area contributed by atoms with Crippen molar-refractivity contribution in [3.05, 3.63) is 0 Å². The predicted molar refractivity (Wildman–Crippen MR) is 53.2 cm³/mol. The summed E-state index contributed by atoms with van der Waals surface area (Å²) in [5.41, 5.74) is -1.36. The van der Waals surface area contributed by atoms with E-state index in [4.69, 9.17) is 15.4 Å². The molecular formula is C7H14ClNO4S. The summed E-state index contributed by atoms with van der Waals surface area (Å²) in [6.45, 7) is 6.08. The highest BCUT2D eigenvalue weighted by atomic mass is 35.7. The molecule has 0 bridgehead atoms. The molecule has 0 saturated heterocycles. The average Bonchev–Trinajstić information content (AvgIpc) is 1.78. The molecule has 0 rings (SSSR count). The Hall–Kier alpha value is -0.330. The van der Waals surface area contributed by atoms with E-state index in [9.17, 15) is 13.2 Å². The van der Waals surface area contributed by atoms with Gasteiger partial charge in [0.25, 0.3) is 9.24 Å². The summed E-state index contributed by atoms with van der Waals surface area (Å²) in [5, 5.41) is 0. The Bertz CT molecular complexity index is 310. The minimum absolute atomic E-state index is 0.304. The Kier molecular flexibility index (Phi) is 4.35. The van der Waals surface area contributed by atoms with Gasteiger partial charge in [-0.1, -0.05) is 0 Å². The van der Waals surface area contributed by atoms with E-state index in [0.29, 0.717) is 0 Å². The molecule has 84 valence electrons. The second kappa shape index (κ2) is 4.46. The van der Waals surface area contributed by atoms with Gasteiger partial charge >= 0.3 is 5.97 Å². The third-order valence-electron chi connectivity index (χ3n) is 1.23. The molecule has 0 aromatic heterocycles. The molecule has 0 atom stereocenters. The van der Waals surface area contributed by atoms with E-state index < -0.39 is 20.7 Å². The Morgan fingerprint density at radius 3 is 2.14 bits per heavy atom. The number of esters is 1.